The van der Waals surface area contributed by atoms with Gasteiger partial charge in [0.25, 0.3) is 5.91 Å². The Morgan fingerprint density at radius 1 is 1.38 bits per heavy atom. The number of fused-ring (bicyclic) bond motifs is 1. The van der Waals surface area contributed by atoms with Gasteiger partial charge in [0, 0.05) is 43.6 Å². The van der Waals surface area contributed by atoms with Crippen molar-refractivity contribution in [1.82, 2.24) is 14.8 Å². The van der Waals surface area contributed by atoms with Crippen LogP contribution < -0.4 is 4.74 Å². The summed E-state index contributed by atoms with van der Waals surface area (Å²) in [7, 11) is 1.81. The van der Waals surface area contributed by atoms with Crippen LogP contribution >= 0.6 is 0 Å². The molecular weight excluding hydrogens is 406 g/mol. The first-order valence-electron chi connectivity index (χ1n) is 11.7. The van der Waals surface area contributed by atoms with E-state index in [2.05, 4.69) is 16.8 Å². The summed E-state index contributed by atoms with van der Waals surface area (Å²) < 4.78 is 6.25. The lowest BCUT2D eigenvalue weighted by atomic mass is 9.99. The standard InChI is InChI=1S/C25H33N3O4/c1-16-13-28(17(2)15-29)25(31)21-10-20(9-6-18-4-5-18)12-26-24(21)32-22(16)14-27(3)23(30)11-19-7-8-19/h10,12,16-19,22,29H,4-5,7-8,11,13-15H2,1-3H3/t16-,17+,22+/m1/s1. The van der Waals surface area contributed by atoms with Gasteiger partial charge in [0.1, 0.15) is 11.7 Å². The number of amides is 2. The van der Waals surface area contributed by atoms with E-state index in [0.29, 0.717) is 42.5 Å². The van der Waals surface area contributed by atoms with Crippen LogP contribution in [0.25, 0.3) is 0 Å². The number of aliphatic hydroxyl groups is 1. The van der Waals surface area contributed by atoms with Crippen molar-refractivity contribution >= 4 is 11.8 Å². The van der Waals surface area contributed by atoms with Gasteiger partial charge >= 0.3 is 0 Å². The molecule has 0 spiro atoms. The van der Waals surface area contributed by atoms with Crippen LogP contribution in [0.1, 0.15) is 61.9 Å². The molecule has 7 heteroatoms. The molecule has 2 fully saturated rings. The Morgan fingerprint density at radius 3 is 2.78 bits per heavy atom. The fourth-order valence-corrected chi connectivity index (χ4v) is 3.90. The van der Waals surface area contributed by atoms with Crippen molar-refractivity contribution in [3.8, 4) is 17.7 Å². The maximum atomic E-state index is 13.4. The van der Waals surface area contributed by atoms with Gasteiger partial charge in [0.15, 0.2) is 0 Å². The van der Waals surface area contributed by atoms with Gasteiger partial charge in [-0.3, -0.25) is 9.59 Å². The molecule has 32 heavy (non-hydrogen) atoms. The first-order valence-corrected chi connectivity index (χ1v) is 11.7. The summed E-state index contributed by atoms with van der Waals surface area (Å²) in [6.45, 7) is 4.56. The molecule has 0 bridgehead atoms. The Balaban J connectivity index is 1.60. The highest BCUT2D eigenvalue weighted by atomic mass is 16.5. The summed E-state index contributed by atoms with van der Waals surface area (Å²) in [4.78, 5) is 33.8. The number of aliphatic hydroxyl groups excluding tert-OH is 1. The van der Waals surface area contributed by atoms with Crippen LogP contribution in [-0.2, 0) is 4.79 Å². The van der Waals surface area contributed by atoms with Crippen molar-refractivity contribution in [2.75, 3.05) is 26.7 Å². The minimum Gasteiger partial charge on any atom is -0.472 e. The molecule has 1 aliphatic heterocycles. The second-order valence-electron chi connectivity index (χ2n) is 9.66. The summed E-state index contributed by atoms with van der Waals surface area (Å²) in [5.41, 5.74) is 1.04. The highest BCUT2D eigenvalue weighted by molar-refractivity contribution is 5.97. The summed E-state index contributed by atoms with van der Waals surface area (Å²) in [6.07, 6.45) is 6.43. The average molecular weight is 440 g/mol. The topological polar surface area (TPSA) is 83.0 Å². The van der Waals surface area contributed by atoms with Crippen molar-refractivity contribution in [3.63, 3.8) is 0 Å². The van der Waals surface area contributed by atoms with Gasteiger partial charge in [-0.05, 0) is 44.6 Å². The van der Waals surface area contributed by atoms with Gasteiger partial charge in [0.05, 0.1) is 19.2 Å². The van der Waals surface area contributed by atoms with Gasteiger partial charge in [0.2, 0.25) is 11.8 Å². The van der Waals surface area contributed by atoms with Crippen molar-refractivity contribution in [1.29, 1.82) is 0 Å². The number of nitrogens with zero attached hydrogens (tertiary/aromatic N) is 3. The molecule has 2 heterocycles. The van der Waals surface area contributed by atoms with E-state index in [0.717, 1.165) is 25.7 Å². The van der Waals surface area contributed by atoms with Crippen LogP contribution in [-0.4, -0.2) is 70.6 Å². The Bertz CT molecular complexity index is 929. The van der Waals surface area contributed by atoms with E-state index in [9.17, 15) is 14.7 Å². The van der Waals surface area contributed by atoms with E-state index in [1.165, 1.54) is 0 Å². The molecule has 3 aliphatic rings. The quantitative estimate of drug-likeness (QED) is 0.688. The Labute approximate surface area is 190 Å². The Morgan fingerprint density at radius 2 is 2.12 bits per heavy atom. The fourth-order valence-electron chi connectivity index (χ4n) is 3.90. The average Bonchev–Trinajstić information content (AvgIpc) is 3.70. The molecule has 0 unspecified atom stereocenters. The van der Waals surface area contributed by atoms with Gasteiger partial charge in [-0.2, -0.15) is 0 Å². The molecule has 4 rings (SSSR count). The fraction of sp³-hybridized carbons (Fsp3) is 0.640. The van der Waals surface area contributed by atoms with E-state index in [1.807, 2.05) is 20.9 Å². The minimum absolute atomic E-state index is 0.0478. The minimum atomic E-state index is -0.341. The molecule has 1 aromatic heterocycles. The van der Waals surface area contributed by atoms with Crippen LogP contribution in [0, 0.1) is 29.6 Å². The number of aromatic nitrogens is 1. The van der Waals surface area contributed by atoms with E-state index >= 15 is 0 Å². The summed E-state index contributed by atoms with van der Waals surface area (Å²) in [5.74, 6) is 7.43. The third-order valence-corrected chi connectivity index (χ3v) is 6.56. The van der Waals surface area contributed by atoms with Crippen LogP contribution in [0.4, 0.5) is 0 Å². The first kappa shape index (κ1) is 22.6. The van der Waals surface area contributed by atoms with Crippen molar-refractivity contribution in [2.24, 2.45) is 17.8 Å². The van der Waals surface area contributed by atoms with Gasteiger partial charge in [-0.25, -0.2) is 4.98 Å². The van der Waals surface area contributed by atoms with Crippen LogP contribution in [0.5, 0.6) is 5.88 Å². The number of hydrogen-bond donors (Lipinski definition) is 1. The summed E-state index contributed by atoms with van der Waals surface area (Å²) in [6, 6.07) is 1.40. The Hall–Kier alpha value is -2.59. The normalized spacial score (nSPS) is 23.8. The Kier molecular flexibility index (Phi) is 6.71. The third-order valence-electron chi connectivity index (χ3n) is 6.56. The molecule has 0 radical (unpaired) electrons. The molecule has 1 N–H and O–H groups in total. The molecule has 2 saturated carbocycles. The van der Waals surface area contributed by atoms with E-state index in [4.69, 9.17) is 4.74 Å². The van der Waals surface area contributed by atoms with Gasteiger partial charge in [-0.1, -0.05) is 18.8 Å². The molecule has 0 saturated heterocycles. The lowest BCUT2D eigenvalue weighted by Gasteiger charge is -2.37. The van der Waals surface area contributed by atoms with Crippen molar-refractivity contribution in [2.45, 2.75) is 58.1 Å². The molecule has 0 aromatic carbocycles. The zero-order chi connectivity index (χ0) is 22.8. The van der Waals surface area contributed by atoms with Crippen molar-refractivity contribution < 1.29 is 19.4 Å². The molecule has 3 atom stereocenters. The number of rotatable bonds is 6. The van der Waals surface area contributed by atoms with Crippen LogP contribution in [0.2, 0.25) is 0 Å². The number of hydrogen-bond acceptors (Lipinski definition) is 5. The predicted octanol–water partition coefficient (Wildman–Crippen LogP) is 2.32. The number of pyridine rings is 1. The maximum absolute atomic E-state index is 13.4. The van der Waals surface area contributed by atoms with Crippen LogP contribution in [0.3, 0.4) is 0 Å². The predicted molar refractivity (Wildman–Crippen MR) is 120 cm³/mol. The smallest absolute Gasteiger partial charge is 0.259 e. The number of carbonyl (C=O) groups excluding carboxylic acids is 2. The van der Waals surface area contributed by atoms with E-state index in [1.54, 1.807) is 22.1 Å². The molecule has 7 nitrogen and oxygen atoms in total. The SMILES string of the molecule is C[C@@H]1CN([C@@H](C)CO)C(=O)c2cc(C#CC3CC3)cnc2O[C@H]1CN(C)C(=O)CC1CC1. The highest BCUT2D eigenvalue weighted by Crippen LogP contribution is 2.33. The van der Waals surface area contributed by atoms with Gasteiger partial charge in [-0.15, -0.1) is 0 Å². The number of ether oxygens (including phenoxy) is 1. The van der Waals surface area contributed by atoms with Crippen LogP contribution in [0.15, 0.2) is 12.3 Å². The molecule has 1 aromatic rings. The summed E-state index contributed by atoms with van der Waals surface area (Å²) in [5, 5.41) is 9.77. The first-order chi connectivity index (χ1) is 15.4. The number of likely N-dealkylation sites (N-methyl/N-ethyl adjacent to an activating group) is 1. The largest absolute Gasteiger partial charge is 0.472 e. The maximum Gasteiger partial charge on any atom is 0.259 e. The third kappa shape index (κ3) is 5.42. The molecule has 2 amide bonds. The highest BCUT2D eigenvalue weighted by Gasteiger charge is 2.35. The lowest BCUT2D eigenvalue weighted by molar-refractivity contribution is -0.131. The lowest BCUT2D eigenvalue weighted by Crippen LogP contribution is -2.50. The molecule has 2 aliphatic carbocycles. The van der Waals surface area contributed by atoms with Gasteiger partial charge < -0.3 is 19.6 Å². The zero-order valence-electron chi connectivity index (χ0n) is 19.2. The van der Waals surface area contributed by atoms with E-state index < -0.39 is 0 Å². The van der Waals surface area contributed by atoms with E-state index in [-0.39, 0.29) is 42.4 Å². The zero-order valence-corrected chi connectivity index (χ0v) is 19.2. The second kappa shape index (κ2) is 9.50. The molecule has 172 valence electrons. The monoisotopic (exact) mass is 439 g/mol. The summed E-state index contributed by atoms with van der Waals surface area (Å²) >= 11 is 0. The number of carbonyl (C=O) groups is 2. The van der Waals surface area contributed by atoms with Crippen molar-refractivity contribution in [3.05, 3.63) is 23.4 Å². The molecular formula is C25H33N3O4. The second-order valence-corrected chi connectivity index (χ2v) is 9.66.